The zero-order valence-corrected chi connectivity index (χ0v) is 11.8. The van der Waals surface area contributed by atoms with Gasteiger partial charge in [-0.15, -0.1) is 0 Å². The van der Waals surface area contributed by atoms with Crippen LogP contribution in [0.2, 0.25) is 0 Å². The first-order valence-electron chi connectivity index (χ1n) is 6.75. The molecule has 4 nitrogen and oxygen atoms in total. The predicted molar refractivity (Wildman–Crippen MR) is 74.9 cm³/mol. The number of likely N-dealkylation sites (N-methyl/N-ethyl adjacent to an activating group) is 1. The van der Waals surface area contributed by atoms with Crippen LogP contribution in [0, 0.1) is 6.92 Å². The topological polar surface area (TPSA) is 32.8 Å². The summed E-state index contributed by atoms with van der Waals surface area (Å²) in [5, 5.41) is 0. The van der Waals surface area contributed by atoms with E-state index < -0.39 is 0 Å². The quantitative estimate of drug-likeness (QED) is 0.819. The van der Waals surface area contributed by atoms with Crippen LogP contribution >= 0.6 is 0 Å². The molecule has 2 rings (SSSR count). The van der Waals surface area contributed by atoms with E-state index in [4.69, 9.17) is 4.74 Å². The molecule has 1 saturated heterocycles. The second-order valence-electron chi connectivity index (χ2n) is 5.15. The molecule has 4 heteroatoms. The third-order valence-corrected chi connectivity index (χ3v) is 3.30. The van der Waals surface area contributed by atoms with Crippen molar-refractivity contribution in [2.75, 3.05) is 39.9 Å². The average molecular weight is 262 g/mol. The van der Waals surface area contributed by atoms with Crippen LogP contribution in [0.4, 0.5) is 0 Å². The average Bonchev–Trinajstić information content (AvgIpc) is 2.39. The van der Waals surface area contributed by atoms with E-state index in [0.717, 1.165) is 19.6 Å². The van der Waals surface area contributed by atoms with Crippen LogP contribution in [-0.4, -0.2) is 55.6 Å². The molecular weight excluding hydrogens is 240 g/mol. The number of benzene rings is 1. The number of amides is 1. The van der Waals surface area contributed by atoms with Gasteiger partial charge in [0.2, 0.25) is 5.91 Å². The summed E-state index contributed by atoms with van der Waals surface area (Å²) >= 11 is 0. The lowest BCUT2D eigenvalue weighted by Gasteiger charge is -2.28. The number of hydrogen-bond acceptors (Lipinski definition) is 3. The Morgan fingerprint density at radius 1 is 1.37 bits per heavy atom. The fourth-order valence-electron chi connectivity index (χ4n) is 2.32. The van der Waals surface area contributed by atoms with Crippen molar-refractivity contribution in [3.05, 3.63) is 35.4 Å². The summed E-state index contributed by atoms with van der Waals surface area (Å²) in [6.07, 6.45) is 0. The Morgan fingerprint density at radius 2 is 2.11 bits per heavy atom. The molecule has 1 aliphatic rings. The van der Waals surface area contributed by atoms with Gasteiger partial charge in [0.1, 0.15) is 0 Å². The van der Waals surface area contributed by atoms with Gasteiger partial charge in [-0.25, -0.2) is 0 Å². The van der Waals surface area contributed by atoms with Crippen molar-refractivity contribution in [1.82, 2.24) is 9.80 Å². The molecule has 1 aromatic carbocycles. The van der Waals surface area contributed by atoms with E-state index in [1.165, 1.54) is 11.1 Å². The number of rotatable bonds is 4. The van der Waals surface area contributed by atoms with Gasteiger partial charge >= 0.3 is 0 Å². The molecular formula is C15H22N2O2. The Hall–Kier alpha value is -1.39. The molecule has 1 fully saturated rings. The highest BCUT2D eigenvalue weighted by atomic mass is 16.5. The van der Waals surface area contributed by atoms with Gasteiger partial charge in [-0.2, -0.15) is 0 Å². The monoisotopic (exact) mass is 262 g/mol. The number of carbonyl (C=O) groups excluding carboxylic acids is 1. The fourth-order valence-corrected chi connectivity index (χ4v) is 2.32. The lowest BCUT2D eigenvalue weighted by molar-refractivity contribution is -0.136. The van der Waals surface area contributed by atoms with E-state index in [0.29, 0.717) is 19.8 Å². The Bertz CT molecular complexity index is 428. The van der Waals surface area contributed by atoms with E-state index in [9.17, 15) is 4.79 Å². The number of hydrogen-bond donors (Lipinski definition) is 0. The van der Waals surface area contributed by atoms with Crippen LogP contribution in [0.3, 0.4) is 0 Å². The van der Waals surface area contributed by atoms with Gasteiger partial charge in [-0.3, -0.25) is 9.69 Å². The molecule has 0 aromatic heterocycles. The maximum Gasteiger partial charge on any atom is 0.236 e. The summed E-state index contributed by atoms with van der Waals surface area (Å²) in [6, 6.07) is 8.41. The maximum absolute atomic E-state index is 12.1. The first-order valence-corrected chi connectivity index (χ1v) is 6.75. The second kappa shape index (κ2) is 6.68. The fraction of sp³-hybridized carbons (Fsp3) is 0.533. The van der Waals surface area contributed by atoms with Gasteiger partial charge in [0, 0.05) is 19.6 Å². The van der Waals surface area contributed by atoms with Crippen LogP contribution in [0.1, 0.15) is 11.1 Å². The third-order valence-electron chi connectivity index (χ3n) is 3.30. The molecule has 0 N–H and O–H groups in total. The third kappa shape index (κ3) is 4.33. The molecule has 0 atom stereocenters. The van der Waals surface area contributed by atoms with Crippen molar-refractivity contribution in [2.45, 2.75) is 13.5 Å². The Balaban J connectivity index is 1.83. The zero-order chi connectivity index (χ0) is 13.7. The predicted octanol–water partition coefficient (Wildman–Crippen LogP) is 1.29. The smallest absolute Gasteiger partial charge is 0.236 e. The molecule has 0 saturated carbocycles. The van der Waals surface area contributed by atoms with Crippen molar-refractivity contribution in [3.63, 3.8) is 0 Å². The minimum absolute atomic E-state index is 0.193. The Morgan fingerprint density at radius 3 is 2.79 bits per heavy atom. The van der Waals surface area contributed by atoms with Crippen LogP contribution in [0.15, 0.2) is 24.3 Å². The van der Waals surface area contributed by atoms with Crippen LogP contribution in [0.5, 0.6) is 0 Å². The lowest BCUT2D eigenvalue weighted by Crippen LogP contribution is -2.44. The SMILES string of the molecule is Cc1cccc(CN(C)CC(=O)N2CCOCC2)c1. The summed E-state index contributed by atoms with van der Waals surface area (Å²) in [7, 11) is 1.99. The van der Waals surface area contributed by atoms with E-state index in [2.05, 4.69) is 36.1 Å². The minimum Gasteiger partial charge on any atom is -0.378 e. The molecule has 1 aliphatic heterocycles. The molecule has 0 aliphatic carbocycles. The molecule has 19 heavy (non-hydrogen) atoms. The second-order valence-corrected chi connectivity index (χ2v) is 5.15. The highest BCUT2D eigenvalue weighted by Gasteiger charge is 2.18. The van der Waals surface area contributed by atoms with Gasteiger partial charge in [0.05, 0.1) is 19.8 Å². The number of morpholine rings is 1. The first-order chi connectivity index (χ1) is 9.15. The molecule has 0 bridgehead atoms. The minimum atomic E-state index is 0.193. The Kier molecular flexibility index (Phi) is 4.93. The standard InChI is InChI=1S/C15H22N2O2/c1-13-4-3-5-14(10-13)11-16(2)12-15(18)17-6-8-19-9-7-17/h3-5,10H,6-9,11-12H2,1-2H3. The highest BCUT2D eigenvalue weighted by Crippen LogP contribution is 2.07. The van der Waals surface area contributed by atoms with Crippen molar-refractivity contribution in [1.29, 1.82) is 0 Å². The van der Waals surface area contributed by atoms with Gasteiger partial charge in [-0.05, 0) is 19.5 Å². The molecule has 1 aromatic rings. The first kappa shape index (κ1) is 14.0. The number of ether oxygens (including phenoxy) is 1. The van der Waals surface area contributed by atoms with E-state index in [1.807, 2.05) is 11.9 Å². The van der Waals surface area contributed by atoms with Crippen molar-refractivity contribution >= 4 is 5.91 Å². The highest BCUT2D eigenvalue weighted by molar-refractivity contribution is 5.78. The maximum atomic E-state index is 12.1. The molecule has 0 spiro atoms. The lowest BCUT2D eigenvalue weighted by atomic mass is 10.1. The molecule has 1 amide bonds. The van der Waals surface area contributed by atoms with Gasteiger partial charge in [0.25, 0.3) is 0 Å². The van der Waals surface area contributed by atoms with Gasteiger partial charge in [-0.1, -0.05) is 29.8 Å². The normalized spacial score (nSPS) is 15.8. The summed E-state index contributed by atoms with van der Waals surface area (Å²) in [5.74, 6) is 0.193. The van der Waals surface area contributed by atoms with Gasteiger partial charge < -0.3 is 9.64 Å². The summed E-state index contributed by atoms with van der Waals surface area (Å²) in [4.78, 5) is 16.0. The zero-order valence-electron chi connectivity index (χ0n) is 11.8. The summed E-state index contributed by atoms with van der Waals surface area (Å²) in [5.41, 5.74) is 2.50. The van der Waals surface area contributed by atoms with Crippen LogP contribution < -0.4 is 0 Å². The summed E-state index contributed by atoms with van der Waals surface area (Å²) in [6.45, 7) is 6.11. The summed E-state index contributed by atoms with van der Waals surface area (Å²) < 4.78 is 5.26. The van der Waals surface area contributed by atoms with Crippen molar-refractivity contribution < 1.29 is 9.53 Å². The molecule has 1 heterocycles. The molecule has 0 unspecified atom stereocenters. The number of nitrogens with zero attached hydrogens (tertiary/aromatic N) is 2. The van der Waals surface area contributed by atoms with Crippen molar-refractivity contribution in [3.8, 4) is 0 Å². The molecule has 0 radical (unpaired) electrons. The van der Waals surface area contributed by atoms with E-state index >= 15 is 0 Å². The number of carbonyl (C=O) groups is 1. The van der Waals surface area contributed by atoms with Crippen LogP contribution in [0.25, 0.3) is 0 Å². The Labute approximate surface area is 115 Å². The van der Waals surface area contributed by atoms with Crippen molar-refractivity contribution in [2.24, 2.45) is 0 Å². The van der Waals surface area contributed by atoms with E-state index in [-0.39, 0.29) is 5.91 Å². The molecule has 104 valence electrons. The van der Waals surface area contributed by atoms with Crippen LogP contribution in [-0.2, 0) is 16.1 Å². The largest absolute Gasteiger partial charge is 0.378 e. The number of aryl methyl sites for hydroxylation is 1. The van der Waals surface area contributed by atoms with E-state index in [1.54, 1.807) is 0 Å². The van der Waals surface area contributed by atoms with Gasteiger partial charge in [0.15, 0.2) is 0 Å².